The van der Waals surface area contributed by atoms with Crippen LogP contribution in [0.1, 0.15) is 19.4 Å². The van der Waals surface area contributed by atoms with Gasteiger partial charge in [-0.1, -0.05) is 18.2 Å². The average Bonchev–Trinajstić information content (AvgIpc) is 2.60. The van der Waals surface area contributed by atoms with E-state index in [-0.39, 0.29) is 11.4 Å². The lowest BCUT2D eigenvalue weighted by molar-refractivity contribution is -0.124. The van der Waals surface area contributed by atoms with Crippen molar-refractivity contribution < 1.29 is 22.7 Å². The molecule has 0 saturated carbocycles. The first-order valence-electron chi connectivity index (χ1n) is 7.79. The summed E-state index contributed by atoms with van der Waals surface area (Å²) in [4.78, 5) is 24.7. The summed E-state index contributed by atoms with van der Waals surface area (Å²) in [6, 6.07) is 12.6. The molecule has 0 bridgehead atoms. The second kappa shape index (κ2) is 8.11. The molecule has 0 atom stereocenters. The van der Waals surface area contributed by atoms with Crippen LogP contribution in [0.3, 0.4) is 0 Å². The highest BCUT2D eigenvalue weighted by Gasteiger charge is 2.20. The number of carbonyl (C=O) groups is 2. The van der Waals surface area contributed by atoms with Crippen LogP contribution < -0.4 is 14.4 Å². The Hall–Kier alpha value is -2.71. The van der Waals surface area contributed by atoms with E-state index in [1.807, 2.05) is 0 Å². The molecule has 0 spiro atoms. The molecule has 0 aromatic heterocycles. The number of sulfonamides is 1. The molecule has 8 heteroatoms. The topological polar surface area (TPSA) is 92.8 Å². The summed E-state index contributed by atoms with van der Waals surface area (Å²) in [6.07, 6.45) is 0. The van der Waals surface area contributed by atoms with Gasteiger partial charge in [0.1, 0.15) is 5.75 Å². The lowest BCUT2D eigenvalue weighted by Gasteiger charge is -2.21. The van der Waals surface area contributed by atoms with Crippen LogP contribution in [0.4, 0.5) is 5.69 Å². The highest BCUT2D eigenvalue weighted by Crippen LogP contribution is 2.22. The van der Waals surface area contributed by atoms with E-state index in [1.54, 1.807) is 36.4 Å². The first-order chi connectivity index (χ1) is 12.3. The molecule has 26 heavy (non-hydrogen) atoms. The summed E-state index contributed by atoms with van der Waals surface area (Å²) in [7, 11) is -2.27. The van der Waals surface area contributed by atoms with Gasteiger partial charge in [-0.15, -0.1) is 0 Å². The number of anilines is 1. The number of hydrogen-bond acceptors (Lipinski definition) is 5. The number of rotatable bonds is 6. The Morgan fingerprint density at radius 1 is 1.00 bits per heavy atom. The van der Waals surface area contributed by atoms with Crippen molar-refractivity contribution in [2.24, 2.45) is 0 Å². The molecular formula is C18H20N2O5S. The fourth-order valence-electron chi connectivity index (χ4n) is 2.45. The van der Waals surface area contributed by atoms with Crippen LogP contribution in [-0.4, -0.2) is 27.3 Å². The number of imide groups is 1. The smallest absolute Gasteiger partial charge is 0.240 e. The molecule has 0 aliphatic heterocycles. The Balaban J connectivity index is 2.26. The molecule has 138 valence electrons. The van der Waals surface area contributed by atoms with Crippen molar-refractivity contribution >= 4 is 27.5 Å². The van der Waals surface area contributed by atoms with Crippen molar-refractivity contribution in [1.29, 1.82) is 0 Å². The van der Waals surface area contributed by atoms with Gasteiger partial charge in [-0.3, -0.25) is 14.5 Å². The molecular weight excluding hydrogens is 356 g/mol. The van der Waals surface area contributed by atoms with E-state index in [9.17, 15) is 18.0 Å². The molecule has 1 N–H and O–H groups in total. The molecule has 7 nitrogen and oxygen atoms in total. The van der Waals surface area contributed by atoms with E-state index in [2.05, 4.69) is 4.72 Å². The second-order valence-corrected chi connectivity index (χ2v) is 7.27. The second-order valence-electron chi connectivity index (χ2n) is 5.50. The molecule has 2 aromatic rings. The van der Waals surface area contributed by atoms with Crippen molar-refractivity contribution in [2.45, 2.75) is 25.3 Å². The van der Waals surface area contributed by atoms with Gasteiger partial charge >= 0.3 is 0 Å². The number of carbonyl (C=O) groups excluding carboxylic acids is 2. The van der Waals surface area contributed by atoms with Crippen LogP contribution >= 0.6 is 0 Å². The van der Waals surface area contributed by atoms with Gasteiger partial charge in [-0.05, 0) is 35.9 Å². The van der Waals surface area contributed by atoms with Crippen LogP contribution in [0.15, 0.2) is 53.4 Å². The van der Waals surface area contributed by atoms with E-state index in [4.69, 9.17) is 4.74 Å². The van der Waals surface area contributed by atoms with Crippen LogP contribution in [0, 0.1) is 0 Å². The maximum absolute atomic E-state index is 12.5. The zero-order valence-electron chi connectivity index (χ0n) is 14.7. The van der Waals surface area contributed by atoms with Crippen molar-refractivity contribution in [3.63, 3.8) is 0 Å². The van der Waals surface area contributed by atoms with Gasteiger partial charge in [0.15, 0.2) is 0 Å². The van der Waals surface area contributed by atoms with Crippen molar-refractivity contribution in [1.82, 2.24) is 4.72 Å². The monoisotopic (exact) mass is 376 g/mol. The van der Waals surface area contributed by atoms with Crippen LogP contribution in [-0.2, 0) is 26.2 Å². The molecule has 2 aromatic carbocycles. The zero-order valence-corrected chi connectivity index (χ0v) is 15.5. The predicted octanol–water partition coefficient (Wildman–Crippen LogP) is 2.07. The van der Waals surface area contributed by atoms with Gasteiger partial charge in [-0.2, -0.15) is 0 Å². The molecule has 0 aliphatic rings. The van der Waals surface area contributed by atoms with Gasteiger partial charge in [0, 0.05) is 20.4 Å². The normalized spacial score (nSPS) is 11.0. The lowest BCUT2D eigenvalue weighted by Crippen LogP contribution is -2.34. The number of ether oxygens (including phenoxy) is 1. The summed E-state index contributed by atoms with van der Waals surface area (Å²) < 4.78 is 32.4. The number of benzene rings is 2. The number of methoxy groups -OCH3 is 1. The fraction of sp³-hybridized carbons (Fsp3) is 0.222. The molecule has 0 fully saturated rings. The summed E-state index contributed by atoms with van der Waals surface area (Å²) in [5, 5.41) is 0. The Morgan fingerprint density at radius 2 is 1.58 bits per heavy atom. The highest BCUT2D eigenvalue weighted by molar-refractivity contribution is 7.89. The lowest BCUT2D eigenvalue weighted by atomic mass is 10.1. The first-order valence-corrected chi connectivity index (χ1v) is 9.27. The van der Waals surface area contributed by atoms with E-state index < -0.39 is 21.8 Å². The Kier molecular flexibility index (Phi) is 6.12. The minimum absolute atomic E-state index is 0.0679. The molecule has 2 amide bonds. The van der Waals surface area contributed by atoms with E-state index in [0.29, 0.717) is 17.0 Å². The summed E-state index contributed by atoms with van der Waals surface area (Å²) in [5.74, 6) is -0.334. The standard InChI is InChI=1S/C18H20N2O5S/c1-13(21)20(14(2)22)18-7-5-4-6-15(18)12-19-26(23,24)17-10-8-16(25-3)9-11-17/h4-11,19H,12H2,1-3H3. The fourth-order valence-corrected chi connectivity index (χ4v) is 3.46. The maximum atomic E-state index is 12.5. The molecule has 0 radical (unpaired) electrons. The van der Waals surface area contributed by atoms with Crippen molar-refractivity contribution in [3.8, 4) is 5.75 Å². The van der Waals surface area contributed by atoms with Gasteiger partial charge < -0.3 is 4.74 Å². The number of para-hydroxylation sites is 1. The third-order valence-corrected chi connectivity index (χ3v) is 5.10. The number of nitrogens with zero attached hydrogens (tertiary/aromatic N) is 1. The number of hydrogen-bond donors (Lipinski definition) is 1. The number of amides is 2. The quantitative estimate of drug-likeness (QED) is 0.833. The van der Waals surface area contributed by atoms with Gasteiger partial charge in [0.2, 0.25) is 21.8 Å². The van der Waals surface area contributed by atoms with E-state index in [0.717, 1.165) is 4.90 Å². The number of nitrogens with one attached hydrogen (secondary N) is 1. The third-order valence-electron chi connectivity index (χ3n) is 3.68. The predicted molar refractivity (Wildman–Crippen MR) is 97.3 cm³/mol. The molecule has 0 heterocycles. The average molecular weight is 376 g/mol. The molecule has 0 saturated heterocycles. The van der Waals surface area contributed by atoms with Crippen LogP contribution in [0.25, 0.3) is 0 Å². The van der Waals surface area contributed by atoms with Crippen molar-refractivity contribution in [2.75, 3.05) is 12.0 Å². The minimum atomic E-state index is -3.76. The largest absolute Gasteiger partial charge is 0.497 e. The molecule has 2 rings (SSSR count). The van der Waals surface area contributed by atoms with Gasteiger partial charge in [0.25, 0.3) is 0 Å². The van der Waals surface area contributed by atoms with E-state index in [1.165, 1.54) is 33.1 Å². The Morgan fingerprint density at radius 3 is 2.12 bits per heavy atom. The molecule has 0 aliphatic carbocycles. The summed E-state index contributed by atoms with van der Waals surface area (Å²) in [6.45, 7) is 2.49. The summed E-state index contributed by atoms with van der Waals surface area (Å²) in [5.41, 5.74) is 0.861. The third kappa shape index (κ3) is 4.47. The van der Waals surface area contributed by atoms with E-state index >= 15 is 0 Å². The van der Waals surface area contributed by atoms with Gasteiger partial charge in [0.05, 0.1) is 17.7 Å². The Labute approximate surface area is 152 Å². The van der Waals surface area contributed by atoms with Crippen LogP contribution in [0.2, 0.25) is 0 Å². The minimum Gasteiger partial charge on any atom is -0.497 e. The zero-order chi connectivity index (χ0) is 19.3. The molecule has 0 unspecified atom stereocenters. The van der Waals surface area contributed by atoms with Crippen molar-refractivity contribution in [3.05, 3.63) is 54.1 Å². The SMILES string of the molecule is COc1ccc(S(=O)(=O)NCc2ccccc2N(C(C)=O)C(C)=O)cc1. The first kappa shape index (κ1) is 19.6. The summed E-state index contributed by atoms with van der Waals surface area (Å²) >= 11 is 0. The highest BCUT2D eigenvalue weighted by atomic mass is 32.2. The van der Waals surface area contributed by atoms with Crippen LogP contribution in [0.5, 0.6) is 5.75 Å². The maximum Gasteiger partial charge on any atom is 0.240 e. The van der Waals surface area contributed by atoms with Gasteiger partial charge in [-0.25, -0.2) is 13.1 Å². The Bertz CT molecular complexity index is 893.